The minimum absolute atomic E-state index is 0.0454. The summed E-state index contributed by atoms with van der Waals surface area (Å²) in [7, 11) is 0. The highest BCUT2D eigenvalue weighted by Crippen LogP contribution is 2.31. The molecule has 1 saturated heterocycles. The highest BCUT2D eigenvalue weighted by atomic mass is 16.5. The molecule has 0 aromatic carbocycles. The van der Waals surface area contributed by atoms with E-state index in [1.54, 1.807) is 4.57 Å². The number of ether oxygens (including phenoxy) is 1. The lowest BCUT2D eigenvalue weighted by atomic mass is 10.2. The summed E-state index contributed by atoms with van der Waals surface area (Å²) >= 11 is 0. The summed E-state index contributed by atoms with van der Waals surface area (Å²) in [4.78, 5) is 12.0. The third kappa shape index (κ3) is 1.87. The predicted octanol–water partition coefficient (Wildman–Crippen LogP) is -1.37. The van der Waals surface area contributed by atoms with E-state index < -0.39 is 18.4 Å². The first-order chi connectivity index (χ1) is 9.10. The number of aliphatic hydroxyl groups is 2. The molecule has 3 atom stereocenters. The van der Waals surface area contributed by atoms with Crippen LogP contribution in [-0.4, -0.2) is 48.5 Å². The number of hydrogen-bond donors (Lipinski definition) is 4. The smallest absolute Gasteiger partial charge is 0.224 e. The van der Waals surface area contributed by atoms with E-state index in [4.69, 9.17) is 21.3 Å². The Morgan fingerprint density at radius 2 is 2.21 bits per heavy atom. The second-order valence-electron chi connectivity index (χ2n) is 4.41. The van der Waals surface area contributed by atoms with E-state index in [-0.39, 0.29) is 18.4 Å². The van der Waals surface area contributed by atoms with Gasteiger partial charge in [0.15, 0.2) is 11.5 Å². The van der Waals surface area contributed by atoms with Crippen molar-refractivity contribution < 1.29 is 14.9 Å². The number of imidazole rings is 1. The van der Waals surface area contributed by atoms with Gasteiger partial charge in [0, 0.05) is 6.42 Å². The van der Waals surface area contributed by atoms with E-state index >= 15 is 0 Å². The zero-order valence-corrected chi connectivity index (χ0v) is 9.97. The summed E-state index contributed by atoms with van der Waals surface area (Å²) in [5, 5.41) is 18.8. The van der Waals surface area contributed by atoms with E-state index in [9.17, 15) is 5.11 Å². The van der Waals surface area contributed by atoms with Crippen LogP contribution in [0.5, 0.6) is 0 Å². The molecule has 1 fully saturated rings. The monoisotopic (exact) mass is 266 g/mol. The fraction of sp³-hybridized carbons (Fsp3) is 0.500. The zero-order chi connectivity index (χ0) is 13.6. The van der Waals surface area contributed by atoms with Crippen LogP contribution in [0.15, 0.2) is 6.33 Å². The lowest BCUT2D eigenvalue weighted by molar-refractivity contribution is -0.0432. The van der Waals surface area contributed by atoms with Gasteiger partial charge >= 0.3 is 0 Å². The highest BCUT2D eigenvalue weighted by molar-refractivity contribution is 5.82. The second-order valence-corrected chi connectivity index (χ2v) is 4.41. The summed E-state index contributed by atoms with van der Waals surface area (Å²) in [5.41, 5.74) is 12.1. The minimum atomic E-state index is -0.732. The third-order valence-corrected chi connectivity index (χ3v) is 3.16. The van der Waals surface area contributed by atoms with E-state index in [1.807, 2.05) is 0 Å². The maximum Gasteiger partial charge on any atom is 0.224 e. The van der Waals surface area contributed by atoms with Crippen molar-refractivity contribution in [3.8, 4) is 0 Å². The Morgan fingerprint density at radius 3 is 2.89 bits per heavy atom. The van der Waals surface area contributed by atoms with Gasteiger partial charge in [0.05, 0.1) is 19.0 Å². The molecule has 0 bridgehead atoms. The van der Waals surface area contributed by atoms with Crippen LogP contribution < -0.4 is 11.5 Å². The molecule has 102 valence electrons. The number of nitrogens with two attached hydrogens (primary N) is 2. The number of hydrogen-bond acceptors (Lipinski definition) is 8. The Hall–Kier alpha value is -1.97. The van der Waals surface area contributed by atoms with Crippen LogP contribution in [0.2, 0.25) is 0 Å². The maximum absolute atomic E-state index is 9.74. The summed E-state index contributed by atoms with van der Waals surface area (Å²) in [6.07, 6.45) is 0.0288. The molecule has 0 aliphatic carbocycles. The molecule has 0 spiro atoms. The average molecular weight is 266 g/mol. The standard InChI is InChI=1S/C10H14N6O3/c11-8-7-9(15-10(12)14-8)16(3-13-7)6-1-4(18)5(2-17)19-6/h3-6,17-18H,1-2H2,(H4,11,12,14,15)/t4-,5?,6+/m0/s1. The van der Waals surface area contributed by atoms with Crippen LogP contribution in [-0.2, 0) is 4.74 Å². The molecule has 0 saturated carbocycles. The molecule has 9 heteroatoms. The number of fused-ring (bicyclic) bond motifs is 1. The molecule has 9 nitrogen and oxygen atoms in total. The van der Waals surface area contributed by atoms with Crippen LogP contribution >= 0.6 is 0 Å². The third-order valence-electron chi connectivity index (χ3n) is 3.16. The van der Waals surface area contributed by atoms with Crippen molar-refractivity contribution >= 4 is 22.9 Å². The van der Waals surface area contributed by atoms with Gasteiger partial charge in [-0.3, -0.25) is 4.57 Å². The summed E-state index contributed by atoms with van der Waals surface area (Å²) in [6, 6.07) is 0. The number of aliphatic hydroxyl groups excluding tert-OH is 2. The SMILES string of the molecule is Nc1nc(N)c2ncn([C@H]3C[C@H](O)C(CO)O3)c2n1. The molecule has 2 aromatic heterocycles. The number of aromatic nitrogens is 4. The van der Waals surface area contributed by atoms with Gasteiger partial charge in [0.25, 0.3) is 0 Å². The van der Waals surface area contributed by atoms with Gasteiger partial charge in [0.2, 0.25) is 5.95 Å². The molecule has 19 heavy (non-hydrogen) atoms. The lowest BCUT2D eigenvalue weighted by Crippen LogP contribution is -2.24. The molecule has 0 radical (unpaired) electrons. The van der Waals surface area contributed by atoms with Gasteiger partial charge in [-0.25, -0.2) is 4.98 Å². The Labute approximate surface area is 107 Å². The lowest BCUT2D eigenvalue weighted by Gasteiger charge is -2.13. The molecule has 6 N–H and O–H groups in total. The molecule has 3 rings (SSSR count). The van der Waals surface area contributed by atoms with E-state index in [0.717, 1.165) is 0 Å². The van der Waals surface area contributed by atoms with Crippen molar-refractivity contribution in [2.45, 2.75) is 24.9 Å². The molecule has 1 aliphatic rings. The molecule has 1 aliphatic heterocycles. The van der Waals surface area contributed by atoms with Crippen molar-refractivity contribution in [3.63, 3.8) is 0 Å². The molecule has 0 amide bonds. The maximum atomic E-state index is 9.74. The summed E-state index contributed by atoms with van der Waals surface area (Å²) in [6.45, 7) is -0.246. The highest BCUT2D eigenvalue weighted by Gasteiger charge is 2.35. The molecular weight excluding hydrogens is 252 g/mol. The number of nitrogens with zero attached hydrogens (tertiary/aromatic N) is 4. The first kappa shape index (κ1) is 12.1. The zero-order valence-electron chi connectivity index (χ0n) is 9.97. The second kappa shape index (κ2) is 4.30. The van der Waals surface area contributed by atoms with Crippen LogP contribution in [0, 0.1) is 0 Å². The Kier molecular flexibility index (Phi) is 2.73. The molecule has 1 unspecified atom stereocenters. The van der Waals surface area contributed by atoms with Crippen LogP contribution in [0.4, 0.5) is 11.8 Å². The van der Waals surface area contributed by atoms with Crippen molar-refractivity contribution in [1.29, 1.82) is 0 Å². The van der Waals surface area contributed by atoms with Gasteiger partial charge in [-0.15, -0.1) is 0 Å². The van der Waals surface area contributed by atoms with Gasteiger partial charge < -0.3 is 26.4 Å². The Morgan fingerprint density at radius 1 is 1.42 bits per heavy atom. The van der Waals surface area contributed by atoms with Crippen molar-refractivity contribution in [2.24, 2.45) is 0 Å². The molecular formula is C10H14N6O3. The predicted molar refractivity (Wildman–Crippen MR) is 65.8 cm³/mol. The number of nitrogen functional groups attached to an aromatic ring is 2. The Balaban J connectivity index is 2.02. The first-order valence-corrected chi connectivity index (χ1v) is 5.80. The molecule has 3 heterocycles. The summed E-state index contributed by atoms with van der Waals surface area (Å²) in [5.74, 6) is 0.238. The van der Waals surface area contributed by atoms with Crippen LogP contribution in [0.1, 0.15) is 12.6 Å². The van der Waals surface area contributed by atoms with Gasteiger partial charge in [-0.05, 0) is 0 Å². The fourth-order valence-electron chi connectivity index (χ4n) is 2.22. The van der Waals surface area contributed by atoms with E-state index in [1.165, 1.54) is 6.33 Å². The van der Waals surface area contributed by atoms with Gasteiger partial charge in [-0.1, -0.05) is 0 Å². The van der Waals surface area contributed by atoms with Crippen molar-refractivity contribution in [2.75, 3.05) is 18.1 Å². The summed E-state index contributed by atoms with van der Waals surface area (Å²) < 4.78 is 7.16. The first-order valence-electron chi connectivity index (χ1n) is 5.80. The van der Waals surface area contributed by atoms with Crippen molar-refractivity contribution in [3.05, 3.63) is 6.33 Å². The fourth-order valence-corrected chi connectivity index (χ4v) is 2.22. The van der Waals surface area contributed by atoms with E-state index in [0.29, 0.717) is 17.6 Å². The van der Waals surface area contributed by atoms with Crippen LogP contribution in [0.3, 0.4) is 0 Å². The Bertz CT molecular complexity index is 615. The van der Waals surface area contributed by atoms with Gasteiger partial charge in [0.1, 0.15) is 17.8 Å². The topological polar surface area (TPSA) is 145 Å². The quantitative estimate of drug-likeness (QED) is 0.521. The van der Waals surface area contributed by atoms with E-state index in [2.05, 4.69) is 15.0 Å². The number of rotatable bonds is 2. The molecule has 2 aromatic rings. The number of anilines is 2. The largest absolute Gasteiger partial charge is 0.394 e. The van der Waals surface area contributed by atoms with Crippen molar-refractivity contribution in [1.82, 2.24) is 19.5 Å². The minimum Gasteiger partial charge on any atom is -0.394 e. The average Bonchev–Trinajstić information content (AvgIpc) is 2.92. The van der Waals surface area contributed by atoms with Crippen LogP contribution in [0.25, 0.3) is 11.2 Å². The van der Waals surface area contributed by atoms with Gasteiger partial charge in [-0.2, -0.15) is 9.97 Å². The normalized spacial score (nSPS) is 27.2.